The molecule has 2 aliphatic heterocycles. The molecular formula is C11H21ClN2O3. The fourth-order valence-electron chi connectivity index (χ4n) is 2.31. The number of carbonyl (C=O) groups is 1. The predicted octanol–water partition coefficient (Wildman–Crippen LogP) is -0.230. The molecule has 2 atom stereocenters. The molecule has 2 rings (SSSR count). The minimum absolute atomic E-state index is 0. The average molecular weight is 265 g/mol. The topological polar surface area (TPSA) is 61.8 Å². The number of halogens is 1. The molecule has 0 spiro atoms. The summed E-state index contributed by atoms with van der Waals surface area (Å²) in [7, 11) is 0. The molecule has 2 saturated heterocycles. The van der Waals surface area contributed by atoms with E-state index < -0.39 is 0 Å². The maximum absolute atomic E-state index is 12.1. The number of amides is 1. The first-order chi connectivity index (χ1) is 7.81. The van der Waals surface area contributed by atoms with Crippen LogP contribution in [0, 0.1) is 0 Å². The number of rotatable bonds is 2. The molecule has 100 valence electrons. The summed E-state index contributed by atoms with van der Waals surface area (Å²) >= 11 is 0. The van der Waals surface area contributed by atoms with Crippen molar-refractivity contribution >= 4 is 18.3 Å². The van der Waals surface area contributed by atoms with Crippen LogP contribution in [0.25, 0.3) is 0 Å². The molecule has 1 amide bonds. The maximum Gasteiger partial charge on any atom is 0.239 e. The lowest BCUT2D eigenvalue weighted by Crippen LogP contribution is -2.54. The highest BCUT2D eigenvalue weighted by atomic mass is 35.5. The van der Waals surface area contributed by atoms with Gasteiger partial charge in [0, 0.05) is 13.1 Å². The summed E-state index contributed by atoms with van der Waals surface area (Å²) in [4.78, 5) is 14.0. The Morgan fingerprint density at radius 2 is 2.29 bits per heavy atom. The Balaban J connectivity index is 0.00000144. The Bertz CT molecular complexity index is 247. The lowest BCUT2D eigenvalue weighted by Gasteiger charge is -2.35. The van der Waals surface area contributed by atoms with Crippen molar-refractivity contribution in [2.45, 2.75) is 31.4 Å². The van der Waals surface area contributed by atoms with Gasteiger partial charge in [-0.15, -0.1) is 12.4 Å². The molecule has 0 aliphatic carbocycles. The third-order valence-electron chi connectivity index (χ3n) is 3.26. The Kier molecular flexibility index (Phi) is 6.19. The predicted molar refractivity (Wildman–Crippen MR) is 66.3 cm³/mol. The van der Waals surface area contributed by atoms with Gasteiger partial charge in [-0.25, -0.2) is 0 Å². The summed E-state index contributed by atoms with van der Waals surface area (Å²) in [6.07, 6.45) is 3.00. The van der Waals surface area contributed by atoms with Crippen molar-refractivity contribution in [3.8, 4) is 0 Å². The molecule has 2 fully saturated rings. The molecule has 0 aromatic heterocycles. The van der Waals surface area contributed by atoms with Crippen LogP contribution in [-0.4, -0.2) is 60.9 Å². The monoisotopic (exact) mass is 264 g/mol. The van der Waals surface area contributed by atoms with Crippen LogP contribution in [-0.2, 0) is 9.53 Å². The SMILES string of the molecule is Cl.O=C([C@H]1CCCCN1)N1CCOC(CO)C1. The number of ether oxygens (including phenoxy) is 1. The summed E-state index contributed by atoms with van der Waals surface area (Å²) in [6.45, 7) is 2.62. The van der Waals surface area contributed by atoms with E-state index in [1.165, 1.54) is 0 Å². The molecule has 0 aromatic rings. The van der Waals surface area contributed by atoms with E-state index in [0.717, 1.165) is 25.8 Å². The third kappa shape index (κ3) is 3.81. The van der Waals surface area contributed by atoms with E-state index in [9.17, 15) is 4.79 Å². The minimum atomic E-state index is -0.207. The number of nitrogens with one attached hydrogen (secondary N) is 1. The van der Waals surface area contributed by atoms with Crippen LogP contribution in [0.2, 0.25) is 0 Å². The molecule has 0 saturated carbocycles. The van der Waals surface area contributed by atoms with Gasteiger partial charge in [0.05, 0.1) is 25.4 Å². The zero-order chi connectivity index (χ0) is 11.4. The van der Waals surface area contributed by atoms with Crippen molar-refractivity contribution < 1.29 is 14.6 Å². The van der Waals surface area contributed by atoms with Crippen LogP contribution in [0.3, 0.4) is 0 Å². The first-order valence-corrected chi connectivity index (χ1v) is 6.06. The molecular weight excluding hydrogens is 244 g/mol. The lowest BCUT2D eigenvalue weighted by atomic mass is 10.0. The minimum Gasteiger partial charge on any atom is -0.394 e. The van der Waals surface area contributed by atoms with Crippen molar-refractivity contribution in [2.75, 3.05) is 32.8 Å². The van der Waals surface area contributed by atoms with E-state index >= 15 is 0 Å². The second-order valence-electron chi connectivity index (χ2n) is 4.46. The van der Waals surface area contributed by atoms with E-state index in [2.05, 4.69) is 5.32 Å². The fourth-order valence-corrected chi connectivity index (χ4v) is 2.31. The molecule has 6 heteroatoms. The number of morpholine rings is 1. The highest BCUT2D eigenvalue weighted by molar-refractivity contribution is 5.85. The van der Waals surface area contributed by atoms with Gasteiger partial charge >= 0.3 is 0 Å². The molecule has 0 aromatic carbocycles. The fraction of sp³-hybridized carbons (Fsp3) is 0.909. The van der Waals surface area contributed by atoms with Crippen LogP contribution >= 0.6 is 12.4 Å². The Labute approximate surface area is 108 Å². The van der Waals surface area contributed by atoms with Gasteiger partial charge in [0.15, 0.2) is 0 Å². The van der Waals surface area contributed by atoms with Gasteiger partial charge in [-0.3, -0.25) is 4.79 Å². The molecule has 2 N–H and O–H groups in total. The quantitative estimate of drug-likeness (QED) is 0.723. The van der Waals surface area contributed by atoms with E-state index in [-0.39, 0.29) is 37.1 Å². The second-order valence-corrected chi connectivity index (χ2v) is 4.46. The molecule has 0 radical (unpaired) electrons. The van der Waals surface area contributed by atoms with Crippen LogP contribution in [0.5, 0.6) is 0 Å². The van der Waals surface area contributed by atoms with E-state index in [1.807, 2.05) is 4.90 Å². The summed E-state index contributed by atoms with van der Waals surface area (Å²) in [5, 5.41) is 12.3. The molecule has 1 unspecified atom stereocenters. The molecule has 0 bridgehead atoms. The number of hydrogen-bond acceptors (Lipinski definition) is 4. The zero-order valence-corrected chi connectivity index (χ0v) is 10.7. The van der Waals surface area contributed by atoms with Crippen molar-refractivity contribution in [1.29, 1.82) is 0 Å². The van der Waals surface area contributed by atoms with Crippen LogP contribution < -0.4 is 5.32 Å². The number of nitrogens with zero attached hydrogens (tertiary/aromatic N) is 1. The lowest BCUT2D eigenvalue weighted by molar-refractivity contribution is -0.143. The van der Waals surface area contributed by atoms with Gasteiger partial charge in [0.2, 0.25) is 5.91 Å². The highest BCUT2D eigenvalue weighted by Crippen LogP contribution is 2.12. The summed E-state index contributed by atoms with van der Waals surface area (Å²) in [5.74, 6) is 0.168. The second kappa shape index (κ2) is 7.16. The first-order valence-electron chi connectivity index (χ1n) is 6.06. The van der Waals surface area contributed by atoms with Gasteiger partial charge in [0.1, 0.15) is 0 Å². The van der Waals surface area contributed by atoms with Crippen LogP contribution in [0.15, 0.2) is 0 Å². The molecule has 2 heterocycles. The molecule has 2 aliphatic rings. The van der Waals surface area contributed by atoms with Gasteiger partial charge in [-0.1, -0.05) is 6.42 Å². The molecule has 5 nitrogen and oxygen atoms in total. The summed E-state index contributed by atoms with van der Waals surface area (Å²) in [6, 6.07) is -0.0220. The van der Waals surface area contributed by atoms with Crippen molar-refractivity contribution in [3.63, 3.8) is 0 Å². The standard InChI is InChI=1S/C11H20N2O3.ClH/c14-8-9-7-13(5-6-16-9)11(15)10-3-1-2-4-12-10;/h9-10,12,14H,1-8H2;1H/t9?,10-;/m1./s1. The average Bonchev–Trinajstić information content (AvgIpc) is 2.39. The van der Waals surface area contributed by atoms with E-state index in [4.69, 9.17) is 9.84 Å². The van der Waals surface area contributed by atoms with Crippen molar-refractivity contribution in [3.05, 3.63) is 0 Å². The van der Waals surface area contributed by atoms with Gasteiger partial charge in [-0.2, -0.15) is 0 Å². The normalized spacial score (nSPS) is 29.6. The maximum atomic E-state index is 12.1. The third-order valence-corrected chi connectivity index (χ3v) is 3.26. The Hall–Kier alpha value is -0.360. The largest absolute Gasteiger partial charge is 0.394 e. The smallest absolute Gasteiger partial charge is 0.239 e. The van der Waals surface area contributed by atoms with Gasteiger partial charge in [-0.05, 0) is 19.4 Å². The van der Waals surface area contributed by atoms with E-state index in [1.54, 1.807) is 0 Å². The van der Waals surface area contributed by atoms with Gasteiger partial charge < -0.3 is 20.1 Å². The number of aliphatic hydroxyl groups excluding tert-OH is 1. The summed E-state index contributed by atoms with van der Waals surface area (Å²) < 4.78 is 5.33. The van der Waals surface area contributed by atoms with Crippen LogP contribution in [0.4, 0.5) is 0 Å². The number of aliphatic hydroxyl groups is 1. The first kappa shape index (κ1) is 14.7. The van der Waals surface area contributed by atoms with Crippen molar-refractivity contribution in [2.24, 2.45) is 0 Å². The number of piperidine rings is 1. The van der Waals surface area contributed by atoms with Crippen molar-refractivity contribution in [1.82, 2.24) is 10.2 Å². The van der Waals surface area contributed by atoms with Crippen LogP contribution in [0.1, 0.15) is 19.3 Å². The summed E-state index contributed by atoms with van der Waals surface area (Å²) in [5.41, 5.74) is 0. The molecule has 17 heavy (non-hydrogen) atoms. The Morgan fingerprint density at radius 1 is 1.47 bits per heavy atom. The highest BCUT2D eigenvalue weighted by Gasteiger charge is 2.29. The number of hydrogen-bond donors (Lipinski definition) is 2. The van der Waals surface area contributed by atoms with E-state index in [0.29, 0.717) is 19.7 Å². The number of carbonyl (C=O) groups excluding carboxylic acids is 1. The zero-order valence-electron chi connectivity index (χ0n) is 9.93. The van der Waals surface area contributed by atoms with Gasteiger partial charge in [0.25, 0.3) is 0 Å². The Morgan fingerprint density at radius 3 is 2.94 bits per heavy atom.